The molecule has 80 valence electrons. The Labute approximate surface area is 88.6 Å². The Bertz CT molecular complexity index is 336. The second-order valence-electron chi connectivity index (χ2n) is 3.44. The van der Waals surface area contributed by atoms with Gasteiger partial charge in [0, 0.05) is 19.3 Å². The topological polar surface area (TPSA) is 61.6 Å². The van der Waals surface area contributed by atoms with Gasteiger partial charge in [-0.25, -0.2) is 10.5 Å². The molecule has 15 heavy (non-hydrogen) atoms. The summed E-state index contributed by atoms with van der Waals surface area (Å²) in [6.07, 6.45) is 1.77. The lowest BCUT2D eigenvalue weighted by Gasteiger charge is -2.27. The number of aromatic nitrogens is 1. The Morgan fingerprint density at radius 2 is 2.27 bits per heavy atom. The Kier molecular flexibility index (Phi) is 3.24. The lowest BCUT2D eigenvalue weighted by atomic mass is 10.2. The van der Waals surface area contributed by atoms with Crippen molar-refractivity contribution < 1.29 is 4.74 Å². The van der Waals surface area contributed by atoms with Gasteiger partial charge in [0.2, 0.25) is 0 Å². The standard InChI is InChI=1S/C10H14N4O/c11-13-8-9-1-2-12-10(7-9)14-3-5-15-6-4-14/h1-2,7,11H,3-6,8H2. The summed E-state index contributed by atoms with van der Waals surface area (Å²) in [5.41, 5.74) is 7.86. The smallest absolute Gasteiger partial charge is 0.128 e. The third-order valence-corrected chi connectivity index (χ3v) is 2.41. The molecule has 0 aliphatic carbocycles. The van der Waals surface area contributed by atoms with Gasteiger partial charge in [-0.1, -0.05) is 0 Å². The molecule has 1 N–H and O–H groups in total. The normalized spacial score (nSPS) is 16.4. The Hall–Kier alpha value is -1.49. The van der Waals surface area contributed by atoms with Crippen molar-refractivity contribution in [3.8, 4) is 0 Å². The van der Waals surface area contributed by atoms with E-state index in [0.717, 1.165) is 37.7 Å². The minimum absolute atomic E-state index is 0.430. The van der Waals surface area contributed by atoms with Crippen molar-refractivity contribution in [3.05, 3.63) is 23.9 Å². The highest BCUT2D eigenvalue weighted by Gasteiger charge is 2.12. The van der Waals surface area contributed by atoms with Gasteiger partial charge in [0.15, 0.2) is 0 Å². The number of nitrogens with one attached hydrogen (secondary N) is 1. The molecule has 5 heteroatoms. The summed E-state index contributed by atoms with van der Waals surface area (Å²) in [5, 5.41) is 3.37. The summed E-state index contributed by atoms with van der Waals surface area (Å²) in [4.78, 5) is 6.50. The molecule has 0 aromatic carbocycles. The van der Waals surface area contributed by atoms with Crippen LogP contribution in [0.1, 0.15) is 5.56 Å². The molecular formula is C10H14N4O. The van der Waals surface area contributed by atoms with Crippen LogP contribution in [0.2, 0.25) is 0 Å². The first-order valence-electron chi connectivity index (χ1n) is 5.01. The molecule has 1 fully saturated rings. The zero-order valence-electron chi connectivity index (χ0n) is 8.52. The molecule has 1 aliphatic heterocycles. The van der Waals surface area contributed by atoms with Crippen molar-refractivity contribution in [1.82, 2.24) is 4.98 Å². The van der Waals surface area contributed by atoms with Crippen molar-refractivity contribution >= 4 is 5.82 Å². The van der Waals surface area contributed by atoms with Crippen LogP contribution in [0.5, 0.6) is 0 Å². The van der Waals surface area contributed by atoms with E-state index in [1.165, 1.54) is 0 Å². The number of morpholine rings is 1. The highest BCUT2D eigenvalue weighted by Crippen LogP contribution is 2.14. The van der Waals surface area contributed by atoms with Crippen molar-refractivity contribution in [2.45, 2.75) is 6.54 Å². The van der Waals surface area contributed by atoms with E-state index >= 15 is 0 Å². The molecule has 0 saturated carbocycles. The van der Waals surface area contributed by atoms with E-state index in [9.17, 15) is 0 Å². The van der Waals surface area contributed by atoms with E-state index in [0.29, 0.717) is 6.54 Å². The fraction of sp³-hybridized carbons (Fsp3) is 0.500. The molecule has 0 radical (unpaired) electrons. The van der Waals surface area contributed by atoms with Gasteiger partial charge in [-0.05, 0) is 17.7 Å². The Balaban J connectivity index is 2.12. The largest absolute Gasteiger partial charge is 0.378 e. The minimum atomic E-state index is 0.430. The van der Waals surface area contributed by atoms with Crippen molar-refractivity contribution in [1.29, 1.82) is 5.53 Å². The van der Waals surface area contributed by atoms with E-state index < -0.39 is 0 Å². The highest BCUT2D eigenvalue weighted by atomic mass is 16.5. The zero-order chi connectivity index (χ0) is 10.5. The molecule has 0 atom stereocenters. The number of anilines is 1. The highest BCUT2D eigenvalue weighted by molar-refractivity contribution is 5.41. The number of hydrogen-bond donors (Lipinski definition) is 1. The monoisotopic (exact) mass is 206 g/mol. The first-order chi connectivity index (χ1) is 7.40. The van der Waals surface area contributed by atoms with Crippen LogP contribution in [-0.2, 0) is 11.3 Å². The van der Waals surface area contributed by atoms with Gasteiger partial charge in [0.05, 0.1) is 19.8 Å². The van der Waals surface area contributed by atoms with Crippen molar-refractivity contribution in [3.63, 3.8) is 0 Å². The maximum atomic E-state index is 6.83. The van der Waals surface area contributed by atoms with Crippen LogP contribution in [-0.4, -0.2) is 31.3 Å². The average molecular weight is 206 g/mol. The van der Waals surface area contributed by atoms with Gasteiger partial charge in [-0.2, -0.15) is 5.11 Å². The molecule has 0 unspecified atom stereocenters. The second-order valence-corrected chi connectivity index (χ2v) is 3.44. The van der Waals surface area contributed by atoms with Crippen LogP contribution in [0.4, 0.5) is 5.82 Å². The van der Waals surface area contributed by atoms with Gasteiger partial charge in [0.1, 0.15) is 5.82 Å². The summed E-state index contributed by atoms with van der Waals surface area (Å²) in [7, 11) is 0. The molecule has 5 nitrogen and oxygen atoms in total. The van der Waals surface area contributed by atoms with Crippen molar-refractivity contribution in [2.24, 2.45) is 5.11 Å². The van der Waals surface area contributed by atoms with Crippen LogP contribution < -0.4 is 4.90 Å². The van der Waals surface area contributed by atoms with Crippen LogP contribution >= 0.6 is 0 Å². The molecule has 0 spiro atoms. The van der Waals surface area contributed by atoms with Crippen LogP contribution in [0.15, 0.2) is 23.4 Å². The van der Waals surface area contributed by atoms with E-state index in [1.807, 2.05) is 12.1 Å². The molecule has 2 rings (SSSR count). The first kappa shape index (κ1) is 10.0. The molecule has 1 saturated heterocycles. The number of nitrogens with zero attached hydrogens (tertiary/aromatic N) is 3. The van der Waals surface area contributed by atoms with Crippen LogP contribution in [0.3, 0.4) is 0 Å². The molecule has 1 aliphatic rings. The first-order valence-corrected chi connectivity index (χ1v) is 5.01. The fourth-order valence-corrected chi connectivity index (χ4v) is 1.62. The average Bonchev–Trinajstić information content (AvgIpc) is 2.31. The summed E-state index contributed by atoms with van der Waals surface area (Å²) in [6.45, 7) is 3.71. The zero-order valence-corrected chi connectivity index (χ0v) is 8.52. The third kappa shape index (κ3) is 2.50. The van der Waals surface area contributed by atoms with Gasteiger partial charge in [0.25, 0.3) is 0 Å². The Morgan fingerprint density at radius 3 is 3.00 bits per heavy atom. The van der Waals surface area contributed by atoms with E-state index in [1.54, 1.807) is 6.20 Å². The maximum absolute atomic E-state index is 6.83. The number of rotatable bonds is 3. The minimum Gasteiger partial charge on any atom is -0.378 e. The molecule has 2 heterocycles. The fourth-order valence-electron chi connectivity index (χ4n) is 1.62. The summed E-state index contributed by atoms with van der Waals surface area (Å²) < 4.78 is 5.28. The predicted octanol–water partition coefficient (Wildman–Crippen LogP) is 1.45. The third-order valence-electron chi connectivity index (χ3n) is 2.41. The molecule has 1 aromatic rings. The number of ether oxygens (including phenoxy) is 1. The number of hydrogen-bond acceptors (Lipinski definition) is 5. The molecule has 1 aromatic heterocycles. The lowest BCUT2D eigenvalue weighted by molar-refractivity contribution is 0.122. The predicted molar refractivity (Wildman–Crippen MR) is 56.1 cm³/mol. The maximum Gasteiger partial charge on any atom is 0.128 e. The Morgan fingerprint density at radius 1 is 1.47 bits per heavy atom. The van der Waals surface area contributed by atoms with Gasteiger partial charge >= 0.3 is 0 Å². The number of pyridine rings is 1. The molecule has 0 amide bonds. The summed E-state index contributed by atoms with van der Waals surface area (Å²) in [5.74, 6) is 0.958. The van der Waals surface area contributed by atoms with E-state index in [4.69, 9.17) is 10.3 Å². The van der Waals surface area contributed by atoms with E-state index in [-0.39, 0.29) is 0 Å². The SMILES string of the molecule is N=NCc1ccnc(N2CCOCC2)c1. The van der Waals surface area contributed by atoms with Crippen molar-refractivity contribution in [2.75, 3.05) is 31.2 Å². The lowest BCUT2D eigenvalue weighted by Crippen LogP contribution is -2.36. The van der Waals surface area contributed by atoms with Gasteiger partial charge in [-0.15, -0.1) is 0 Å². The summed E-state index contributed by atoms with van der Waals surface area (Å²) in [6, 6.07) is 3.88. The molecule has 0 bridgehead atoms. The van der Waals surface area contributed by atoms with Crippen LogP contribution in [0.25, 0.3) is 0 Å². The van der Waals surface area contributed by atoms with E-state index in [2.05, 4.69) is 15.0 Å². The quantitative estimate of drug-likeness (QED) is 0.761. The second kappa shape index (κ2) is 4.84. The van der Waals surface area contributed by atoms with Gasteiger partial charge < -0.3 is 9.64 Å². The van der Waals surface area contributed by atoms with Gasteiger partial charge in [-0.3, -0.25) is 0 Å². The molecular weight excluding hydrogens is 192 g/mol. The van der Waals surface area contributed by atoms with Crippen LogP contribution in [0, 0.1) is 5.53 Å². The summed E-state index contributed by atoms with van der Waals surface area (Å²) >= 11 is 0.